The average molecular weight is 641 g/mol. The van der Waals surface area contributed by atoms with Crippen LogP contribution in [0.1, 0.15) is 47.3 Å². The standard InChI is InChI=1S/C38H39F3N4O2/c1-3-47-34(25-44-37(28-13-7-4-8-14-28,29-15-9-5-10-16-29)30-17-11-6-12-18-30)31(36(46)43-2)24-32(42)27-20-19-26-21-22-35(38(39,40)41)45-33(26)23-27/h4-23,31-32,34,44H,3,24-25,42H2,1-2H3,(H,43,46). The second kappa shape index (κ2) is 14.9. The second-order valence-electron chi connectivity index (χ2n) is 11.4. The van der Waals surface area contributed by atoms with Crippen LogP contribution < -0.4 is 16.4 Å². The van der Waals surface area contributed by atoms with E-state index < -0.39 is 35.5 Å². The molecule has 4 N–H and O–H groups in total. The molecule has 0 aliphatic heterocycles. The van der Waals surface area contributed by atoms with Crippen LogP contribution in [0.4, 0.5) is 13.2 Å². The fourth-order valence-electron chi connectivity index (χ4n) is 6.20. The van der Waals surface area contributed by atoms with Crippen LogP contribution in [0.3, 0.4) is 0 Å². The average Bonchev–Trinajstić information content (AvgIpc) is 3.10. The molecule has 3 atom stereocenters. The Hall–Kier alpha value is -4.57. The van der Waals surface area contributed by atoms with Gasteiger partial charge in [0.05, 0.1) is 23.1 Å². The van der Waals surface area contributed by atoms with E-state index in [4.69, 9.17) is 10.5 Å². The molecular weight excluding hydrogens is 601 g/mol. The first-order valence-electron chi connectivity index (χ1n) is 15.7. The van der Waals surface area contributed by atoms with Crippen molar-refractivity contribution in [1.82, 2.24) is 15.6 Å². The van der Waals surface area contributed by atoms with Gasteiger partial charge in [0, 0.05) is 31.6 Å². The first-order valence-corrected chi connectivity index (χ1v) is 15.7. The lowest BCUT2D eigenvalue weighted by Crippen LogP contribution is -2.51. The summed E-state index contributed by atoms with van der Waals surface area (Å²) in [5, 5.41) is 7.15. The molecule has 5 aromatic rings. The third-order valence-electron chi connectivity index (χ3n) is 8.54. The maximum Gasteiger partial charge on any atom is 0.433 e. The number of hydrogen-bond acceptors (Lipinski definition) is 5. The number of carbonyl (C=O) groups excluding carboxylic acids is 1. The molecular formula is C38H39F3N4O2. The highest BCUT2D eigenvalue weighted by molar-refractivity contribution is 5.80. The Bertz CT molecular complexity index is 1650. The van der Waals surface area contributed by atoms with E-state index in [1.807, 2.05) is 61.5 Å². The van der Waals surface area contributed by atoms with Gasteiger partial charge in [0.25, 0.3) is 0 Å². The van der Waals surface area contributed by atoms with Gasteiger partial charge in [0.2, 0.25) is 5.91 Å². The molecule has 5 rings (SSSR count). The Labute approximate surface area is 273 Å². The summed E-state index contributed by atoms with van der Waals surface area (Å²) in [6, 6.07) is 37.1. The molecule has 0 spiro atoms. The third kappa shape index (κ3) is 7.54. The van der Waals surface area contributed by atoms with Gasteiger partial charge in [0.1, 0.15) is 5.69 Å². The quantitative estimate of drug-likeness (QED) is 0.121. The number of fused-ring (bicyclic) bond motifs is 1. The van der Waals surface area contributed by atoms with Gasteiger partial charge in [-0.05, 0) is 47.7 Å². The van der Waals surface area contributed by atoms with Crippen molar-refractivity contribution in [3.8, 4) is 0 Å². The normalized spacial score (nSPS) is 14.0. The van der Waals surface area contributed by atoms with E-state index >= 15 is 0 Å². The minimum atomic E-state index is -4.57. The highest BCUT2D eigenvalue weighted by atomic mass is 19.4. The topological polar surface area (TPSA) is 89.3 Å². The summed E-state index contributed by atoms with van der Waals surface area (Å²) in [5.74, 6) is -0.934. The van der Waals surface area contributed by atoms with Crippen LogP contribution in [0.15, 0.2) is 121 Å². The molecule has 244 valence electrons. The number of amides is 1. The molecule has 0 saturated heterocycles. The number of pyridine rings is 1. The Morgan fingerprint density at radius 1 is 0.830 bits per heavy atom. The molecule has 9 heteroatoms. The lowest BCUT2D eigenvalue weighted by atomic mass is 9.76. The van der Waals surface area contributed by atoms with Gasteiger partial charge < -0.3 is 15.8 Å². The van der Waals surface area contributed by atoms with E-state index in [1.54, 1.807) is 25.2 Å². The smallest absolute Gasteiger partial charge is 0.376 e. The zero-order valence-corrected chi connectivity index (χ0v) is 26.4. The van der Waals surface area contributed by atoms with Crippen molar-refractivity contribution in [1.29, 1.82) is 0 Å². The third-order valence-corrected chi connectivity index (χ3v) is 8.54. The number of nitrogens with two attached hydrogens (primary N) is 1. The minimum absolute atomic E-state index is 0.186. The van der Waals surface area contributed by atoms with Crippen molar-refractivity contribution >= 4 is 16.8 Å². The van der Waals surface area contributed by atoms with Gasteiger partial charge in [-0.3, -0.25) is 10.1 Å². The number of halogens is 3. The molecule has 0 saturated carbocycles. The van der Waals surface area contributed by atoms with E-state index in [2.05, 4.69) is 52.0 Å². The highest BCUT2D eigenvalue weighted by Gasteiger charge is 2.39. The van der Waals surface area contributed by atoms with Gasteiger partial charge in [-0.1, -0.05) is 109 Å². The molecule has 0 aliphatic carbocycles. The minimum Gasteiger partial charge on any atom is -0.376 e. The Morgan fingerprint density at radius 2 is 1.36 bits per heavy atom. The molecule has 0 bridgehead atoms. The SMILES string of the molecule is CCOC(CNC(c1ccccc1)(c1ccccc1)c1ccccc1)C(CC(N)c1ccc2ccc(C(F)(F)F)nc2c1)C(=O)NC. The molecule has 1 amide bonds. The molecule has 47 heavy (non-hydrogen) atoms. The molecule has 0 radical (unpaired) electrons. The number of rotatable bonds is 13. The number of nitrogens with one attached hydrogen (secondary N) is 2. The zero-order valence-electron chi connectivity index (χ0n) is 26.4. The molecule has 0 fully saturated rings. The highest BCUT2D eigenvalue weighted by Crippen LogP contribution is 2.37. The van der Waals surface area contributed by atoms with E-state index in [0.717, 1.165) is 22.8 Å². The number of alkyl halides is 3. The summed E-state index contributed by atoms with van der Waals surface area (Å²) in [7, 11) is 1.57. The molecule has 1 aromatic heterocycles. The van der Waals surface area contributed by atoms with E-state index in [1.165, 1.54) is 6.07 Å². The van der Waals surface area contributed by atoms with Crippen molar-refractivity contribution in [2.75, 3.05) is 20.2 Å². The van der Waals surface area contributed by atoms with E-state index in [9.17, 15) is 18.0 Å². The number of nitrogens with zero attached hydrogens (tertiary/aromatic N) is 1. The van der Waals surface area contributed by atoms with Crippen LogP contribution in [0.5, 0.6) is 0 Å². The predicted molar refractivity (Wildman–Crippen MR) is 178 cm³/mol. The van der Waals surface area contributed by atoms with Crippen molar-refractivity contribution in [3.05, 3.63) is 149 Å². The van der Waals surface area contributed by atoms with Crippen LogP contribution >= 0.6 is 0 Å². The van der Waals surface area contributed by atoms with Gasteiger partial charge in [-0.2, -0.15) is 13.2 Å². The van der Waals surface area contributed by atoms with Crippen LogP contribution in [0.25, 0.3) is 10.9 Å². The fourth-order valence-corrected chi connectivity index (χ4v) is 6.20. The maximum atomic E-state index is 13.5. The first kappa shape index (κ1) is 33.8. The molecule has 3 unspecified atom stereocenters. The first-order chi connectivity index (χ1) is 22.7. The summed E-state index contributed by atoms with van der Waals surface area (Å²) in [6.45, 7) is 2.51. The summed E-state index contributed by atoms with van der Waals surface area (Å²) in [4.78, 5) is 17.3. The van der Waals surface area contributed by atoms with Gasteiger partial charge in [0.15, 0.2) is 0 Å². The number of benzene rings is 4. The summed E-state index contributed by atoms with van der Waals surface area (Å²) in [6.07, 6.45) is -4.98. The number of aromatic nitrogens is 1. The summed E-state index contributed by atoms with van der Waals surface area (Å²) < 4.78 is 46.4. The van der Waals surface area contributed by atoms with Gasteiger partial charge >= 0.3 is 6.18 Å². The van der Waals surface area contributed by atoms with E-state index in [0.29, 0.717) is 17.6 Å². The number of ether oxygens (including phenoxy) is 1. The van der Waals surface area contributed by atoms with E-state index in [-0.39, 0.29) is 24.4 Å². The molecule has 0 aliphatic rings. The van der Waals surface area contributed by atoms with Gasteiger partial charge in [-0.15, -0.1) is 0 Å². The summed E-state index contributed by atoms with van der Waals surface area (Å²) >= 11 is 0. The van der Waals surface area contributed by atoms with Crippen molar-refractivity contribution in [2.45, 2.75) is 37.2 Å². The maximum absolute atomic E-state index is 13.5. The largest absolute Gasteiger partial charge is 0.433 e. The molecule has 4 aromatic carbocycles. The van der Waals surface area contributed by atoms with Crippen LogP contribution in [0.2, 0.25) is 0 Å². The monoisotopic (exact) mass is 640 g/mol. The lowest BCUT2D eigenvalue weighted by molar-refractivity contribution is -0.141. The van der Waals surface area contributed by atoms with Crippen LogP contribution in [-0.4, -0.2) is 37.2 Å². The predicted octanol–water partition coefficient (Wildman–Crippen LogP) is 6.99. The zero-order chi connectivity index (χ0) is 33.4. The Morgan fingerprint density at radius 3 is 1.85 bits per heavy atom. The second-order valence-corrected chi connectivity index (χ2v) is 11.4. The fraction of sp³-hybridized carbons (Fsp3) is 0.263. The molecule has 6 nitrogen and oxygen atoms in total. The Balaban J connectivity index is 1.50. The number of hydrogen-bond donors (Lipinski definition) is 3. The van der Waals surface area contributed by atoms with Crippen LogP contribution in [0, 0.1) is 5.92 Å². The summed E-state index contributed by atoms with van der Waals surface area (Å²) in [5.41, 5.74) is 8.74. The number of carbonyl (C=O) groups is 1. The van der Waals surface area contributed by atoms with Gasteiger partial charge in [-0.25, -0.2) is 4.98 Å². The van der Waals surface area contributed by atoms with Crippen LogP contribution in [-0.2, 0) is 21.2 Å². The molecule has 1 heterocycles. The van der Waals surface area contributed by atoms with Crippen molar-refractivity contribution < 1.29 is 22.7 Å². The Kier molecular flexibility index (Phi) is 10.7. The van der Waals surface area contributed by atoms with Crippen molar-refractivity contribution in [3.63, 3.8) is 0 Å². The lowest BCUT2D eigenvalue weighted by Gasteiger charge is -2.39. The van der Waals surface area contributed by atoms with Crippen molar-refractivity contribution in [2.24, 2.45) is 11.7 Å².